The van der Waals surface area contributed by atoms with Crippen LogP contribution in [0.3, 0.4) is 0 Å². The molecule has 0 saturated carbocycles. The highest BCUT2D eigenvalue weighted by atomic mass is 32.2. The van der Waals surface area contributed by atoms with E-state index in [9.17, 15) is 9.50 Å². The molecular formula is C13H14FN3O2S. The molecule has 1 fully saturated rings. The number of nitrogens with one attached hydrogen (secondary N) is 1. The topological polar surface area (TPSA) is 71.2 Å². The van der Waals surface area contributed by atoms with E-state index >= 15 is 0 Å². The lowest BCUT2D eigenvalue weighted by Crippen LogP contribution is -2.15. The van der Waals surface area contributed by atoms with E-state index in [1.165, 1.54) is 23.9 Å². The van der Waals surface area contributed by atoms with Gasteiger partial charge >= 0.3 is 0 Å². The zero-order chi connectivity index (χ0) is 13.9. The smallest absolute Gasteiger partial charge is 0.243 e. The number of β-amino-alcohol motifs (C(OH)–C–C–N with tert-alkyl or cyclic N) is 1. The molecule has 1 aromatic carbocycles. The number of aliphatic hydroxyl groups excluding tert-OH is 1. The van der Waals surface area contributed by atoms with Crippen molar-refractivity contribution in [2.45, 2.75) is 29.2 Å². The standard InChI is InChI=1S/C13H14FN3O2S/c14-8-2-1-3-10(4-8)20-7-12-16-13(19-17-12)11-5-9(18)6-15-11/h1-4,9,11,15,18H,5-7H2/t9-,11+/m0/s1. The number of aromatic nitrogens is 2. The second kappa shape index (κ2) is 5.90. The van der Waals surface area contributed by atoms with E-state index in [1.54, 1.807) is 6.07 Å². The first-order valence-electron chi connectivity index (χ1n) is 6.33. The fourth-order valence-electron chi connectivity index (χ4n) is 2.08. The summed E-state index contributed by atoms with van der Waals surface area (Å²) in [5, 5.41) is 16.5. The molecule has 20 heavy (non-hydrogen) atoms. The maximum Gasteiger partial charge on any atom is 0.243 e. The Labute approximate surface area is 119 Å². The van der Waals surface area contributed by atoms with E-state index in [2.05, 4.69) is 15.5 Å². The van der Waals surface area contributed by atoms with Crippen LogP contribution in [-0.4, -0.2) is 27.9 Å². The van der Waals surface area contributed by atoms with Gasteiger partial charge in [0, 0.05) is 11.4 Å². The largest absolute Gasteiger partial charge is 0.392 e. The summed E-state index contributed by atoms with van der Waals surface area (Å²) < 4.78 is 18.2. The van der Waals surface area contributed by atoms with Crippen molar-refractivity contribution in [3.05, 3.63) is 41.8 Å². The molecule has 1 saturated heterocycles. The number of rotatable bonds is 4. The van der Waals surface area contributed by atoms with Gasteiger partial charge in [-0.2, -0.15) is 4.98 Å². The molecule has 1 aliphatic rings. The predicted molar refractivity (Wildman–Crippen MR) is 71.6 cm³/mol. The molecule has 2 heterocycles. The van der Waals surface area contributed by atoms with Crippen LogP contribution in [0.25, 0.3) is 0 Å². The summed E-state index contributed by atoms with van der Waals surface area (Å²) in [5.74, 6) is 1.32. The molecule has 2 aromatic rings. The SMILES string of the molecule is O[C@@H]1CN[C@@H](c2nc(CSc3cccc(F)c3)no2)C1. The molecule has 2 atom stereocenters. The van der Waals surface area contributed by atoms with Crippen LogP contribution < -0.4 is 5.32 Å². The van der Waals surface area contributed by atoms with Crippen LogP contribution in [-0.2, 0) is 5.75 Å². The van der Waals surface area contributed by atoms with Crippen LogP contribution in [0, 0.1) is 5.82 Å². The van der Waals surface area contributed by atoms with Crippen molar-refractivity contribution in [2.24, 2.45) is 0 Å². The van der Waals surface area contributed by atoms with Crippen molar-refractivity contribution >= 4 is 11.8 Å². The van der Waals surface area contributed by atoms with Gasteiger partial charge in [0.25, 0.3) is 0 Å². The Kier molecular flexibility index (Phi) is 4.00. The molecule has 7 heteroatoms. The average molecular weight is 295 g/mol. The minimum Gasteiger partial charge on any atom is -0.392 e. The second-order valence-electron chi connectivity index (χ2n) is 4.65. The Morgan fingerprint density at radius 1 is 1.50 bits per heavy atom. The Morgan fingerprint density at radius 2 is 2.40 bits per heavy atom. The van der Waals surface area contributed by atoms with Crippen LogP contribution in [0.4, 0.5) is 4.39 Å². The van der Waals surface area contributed by atoms with Crippen molar-refractivity contribution < 1.29 is 14.0 Å². The molecule has 1 aromatic heterocycles. The van der Waals surface area contributed by atoms with Crippen LogP contribution in [0.5, 0.6) is 0 Å². The third-order valence-electron chi connectivity index (χ3n) is 3.05. The van der Waals surface area contributed by atoms with E-state index in [0.717, 1.165) is 4.90 Å². The van der Waals surface area contributed by atoms with Gasteiger partial charge in [0.2, 0.25) is 5.89 Å². The van der Waals surface area contributed by atoms with E-state index < -0.39 is 0 Å². The van der Waals surface area contributed by atoms with Gasteiger partial charge in [-0.25, -0.2) is 4.39 Å². The average Bonchev–Trinajstić information content (AvgIpc) is 3.05. The van der Waals surface area contributed by atoms with Crippen molar-refractivity contribution in [3.8, 4) is 0 Å². The molecule has 0 amide bonds. The second-order valence-corrected chi connectivity index (χ2v) is 5.69. The summed E-state index contributed by atoms with van der Waals surface area (Å²) in [6.07, 6.45) is 0.218. The zero-order valence-corrected chi connectivity index (χ0v) is 11.4. The van der Waals surface area contributed by atoms with Crippen LogP contribution >= 0.6 is 11.8 Å². The maximum atomic E-state index is 13.0. The summed E-state index contributed by atoms with van der Waals surface area (Å²) in [6, 6.07) is 6.31. The highest BCUT2D eigenvalue weighted by molar-refractivity contribution is 7.98. The van der Waals surface area contributed by atoms with Crippen molar-refractivity contribution in [1.82, 2.24) is 15.5 Å². The van der Waals surface area contributed by atoms with Gasteiger partial charge in [0.15, 0.2) is 5.82 Å². The van der Waals surface area contributed by atoms with E-state index in [0.29, 0.717) is 30.4 Å². The van der Waals surface area contributed by atoms with Crippen LogP contribution in [0.2, 0.25) is 0 Å². The van der Waals surface area contributed by atoms with Gasteiger partial charge < -0.3 is 14.9 Å². The number of aliphatic hydroxyl groups is 1. The van der Waals surface area contributed by atoms with Crippen LogP contribution in [0.15, 0.2) is 33.7 Å². The molecule has 1 aliphatic heterocycles. The quantitative estimate of drug-likeness (QED) is 0.839. The maximum absolute atomic E-state index is 13.0. The summed E-state index contributed by atoms with van der Waals surface area (Å²) in [5.41, 5.74) is 0. The molecule has 0 aliphatic carbocycles. The van der Waals surface area contributed by atoms with Gasteiger partial charge in [-0.3, -0.25) is 0 Å². The lowest BCUT2D eigenvalue weighted by Gasteiger charge is -2.01. The molecular weight excluding hydrogens is 281 g/mol. The lowest BCUT2D eigenvalue weighted by molar-refractivity contribution is 0.191. The van der Waals surface area contributed by atoms with E-state index in [-0.39, 0.29) is 18.0 Å². The Bertz CT molecular complexity index is 593. The predicted octanol–water partition coefficient (Wildman–Crippen LogP) is 1.90. The molecule has 0 unspecified atom stereocenters. The third kappa shape index (κ3) is 3.17. The molecule has 3 rings (SSSR count). The molecule has 0 spiro atoms. The zero-order valence-electron chi connectivity index (χ0n) is 10.6. The Morgan fingerprint density at radius 3 is 3.15 bits per heavy atom. The van der Waals surface area contributed by atoms with Crippen LogP contribution in [0.1, 0.15) is 24.2 Å². The first-order chi connectivity index (χ1) is 9.70. The van der Waals surface area contributed by atoms with Crippen molar-refractivity contribution in [2.75, 3.05) is 6.54 Å². The number of nitrogens with zero attached hydrogens (tertiary/aromatic N) is 2. The molecule has 5 nitrogen and oxygen atoms in total. The van der Waals surface area contributed by atoms with Gasteiger partial charge in [-0.15, -0.1) is 11.8 Å². The molecule has 2 N–H and O–H groups in total. The number of thioether (sulfide) groups is 1. The van der Waals surface area contributed by atoms with E-state index in [1.807, 2.05) is 6.07 Å². The van der Waals surface area contributed by atoms with Gasteiger partial charge in [0.05, 0.1) is 17.9 Å². The minimum atomic E-state index is -0.364. The number of halogens is 1. The van der Waals surface area contributed by atoms with Gasteiger partial charge in [-0.05, 0) is 24.6 Å². The fraction of sp³-hybridized carbons (Fsp3) is 0.385. The highest BCUT2D eigenvalue weighted by Gasteiger charge is 2.27. The third-order valence-corrected chi connectivity index (χ3v) is 4.04. The number of benzene rings is 1. The highest BCUT2D eigenvalue weighted by Crippen LogP contribution is 2.25. The molecule has 0 radical (unpaired) electrons. The number of hydrogen-bond donors (Lipinski definition) is 2. The summed E-state index contributed by atoms with van der Waals surface area (Å²) in [6.45, 7) is 0.542. The van der Waals surface area contributed by atoms with Gasteiger partial charge in [-0.1, -0.05) is 11.2 Å². The monoisotopic (exact) mass is 295 g/mol. The van der Waals surface area contributed by atoms with Crippen molar-refractivity contribution in [1.29, 1.82) is 0 Å². The first kappa shape index (κ1) is 13.5. The Hall–Kier alpha value is -1.44. The summed E-state index contributed by atoms with van der Waals surface area (Å²) >= 11 is 1.45. The fourth-order valence-corrected chi connectivity index (χ4v) is 2.86. The minimum absolute atomic E-state index is 0.0783. The van der Waals surface area contributed by atoms with E-state index in [4.69, 9.17) is 4.52 Å². The molecule has 0 bridgehead atoms. The number of hydrogen-bond acceptors (Lipinski definition) is 6. The van der Waals surface area contributed by atoms with Gasteiger partial charge in [0.1, 0.15) is 5.82 Å². The normalized spacial score (nSPS) is 22.3. The Balaban J connectivity index is 1.60. The first-order valence-corrected chi connectivity index (χ1v) is 7.31. The summed E-state index contributed by atoms with van der Waals surface area (Å²) in [7, 11) is 0. The molecule has 106 valence electrons. The lowest BCUT2D eigenvalue weighted by atomic mass is 10.2. The summed E-state index contributed by atoms with van der Waals surface area (Å²) in [4.78, 5) is 5.12. The van der Waals surface area contributed by atoms with Crippen molar-refractivity contribution in [3.63, 3.8) is 0 Å².